The van der Waals surface area contributed by atoms with E-state index in [1.165, 1.54) is 11.3 Å². The van der Waals surface area contributed by atoms with Crippen LogP contribution in [0.5, 0.6) is 5.75 Å². The monoisotopic (exact) mass is 220 g/mol. The summed E-state index contributed by atoms with van der Waals surface area (Å²) in [5, 5.41) is 3.26. The molecule has 16 heavy (non-hydrogen) atoms. The topological polar surface area (TPSA) is 24.5 Å². The summed E-state index contributed by atoms with van der Waals surface area (Å²) in [5.74, 6) is 1.59. The summed E-state index contributed by atoms with van der Waals surface area (Å²) in [6.45, 7) is 4.84. The van der Waals surface area contributed by atoms with Gasteiger partial charge >= 0.3 is 0 Å². The minimum absolute atomic E-state index is 0.574. The van der Waals surface area contributed by atoms with Gasteiger partial charge in [-0.15, -0.1) is 0 Å². The van der Waals surface area contributed by atoms with E-state index >= 15 is 0 Å². The smallest absolute Gasteiger partial charge is 0.142 e. The first-order valence-electron chi connectivity index (χ1n) is 5.89. The molecule has 1 N–H and O–H groups in total. The zero-order chi connectivity index (χ0) is 11.5. The Labute approximate surface area is 97.4 Å². The van der Waals surface area contributed by atoms with E-state index in [2.05, 4.69) is 35.5 Å². The van der Waals surface area contributed by atoms with E-state index in [0.717, 1.165) is 25.4 Å². The summed E-state index contributed by atoms with van der Waals surface area (Å²) < 4.78 is 5.68. The highest BCUT2D eigenvalue weighted by Gasteiger charge is 2.28. The molecule has 0 aliphatic carbocycles. The second-order valence-corrected chi connectivity index (χ2v) is 4.26. The van der Waals surface area contributed by atoms with Crippen molar-refractivity contribution in [2.24, 2.45) is 0 Å². The molecule has 1 aromatic rings. The number of hydrogen-bond acceptors (Lipinski definition) is 3. The van der Waals surface area contributed by atoms with E-state index in [1.807, 2.05) is 14.0 Å². The van der Waals surface area contributed by atoms with Crippen LogP contribution in [0.15, 0.2) is 18.2 Å². The fourth-order valence-electron chi connectivity index (χ4n) is 2.49. The molecule has 1 aromatic carbocycles. The molecule has 0 bridgehead atoms. The van der Waals surface area contributed by atoms with E-state index in [1.54, 1.807) is 0 Å². The lowest BCUT2D eigenvalue weighted by molar-refractivity contribution is 0.341. The number of hydrogen-bond donors (Lipinski definition) is 1. The van der Waals surface area contributed by atoms with Gasteiger partial charge in [-0.05, 0) is 25.6 Å². The van der Waals surface area contributed by atoms with Crippen LogP contribution in [0.25, 0.3) is 0 Å². The van der Waals surface area contributed by atoms with Crippen molar-refractivity contribution in [3.05, 3.63) is 23.8 Å². The molecule has 0 saturated heterocycles. The van der Waals surface area contributed by atoms with Gasteiger partial charge in [0.1, 0.15) is 5.75 Å². The lowest BCUT2D eigenvalue weighted by Crippen LogP contribution is -2.22. The molecule has 1 aliphatic heterocycles. The fraction of sp³-hybridized carbons (Fsp3) is 0.538. The third-order valence-electron chi connectivity index (χ3n) is 3.10. The number of fused-ring (bicyclic) bond motifs is 1. The van der Waals surface area contributed by atoms with Crippen molar-refractivity contribution < 1.29 is 4.74 Å². The third kappa shape index (κ3) is 1.87. The molecule has 1 heterocycles. The van der Waals surface area contributed by atoms with Crippen LogP contribution in [-0.4, -0.2) is 33.8 Å². The van der Waals surface area contributed by atoms with E-state index in [-0.39, 0.29) is 0 Å². The number of likely N-dealkylation sites (N-methyl/N-ethyl adjacent to an activating group) is 2. The number of nitrogens with zero attached hydrogens (tertiary/aromatic N) is 1. The van der Waals surface area contributed by atoms with E-state index in [9.17, 15) is 0 Å². The number of rotatable bonds is 4. The van der Waals surface area contributed by atoms with Gasteiger partial charge < -0.3 is 15.0 Å². The highest BCUT2D eigenvalue weighted by atomic mass is 16.5. The fourth-order valence-corrected chi connectivity index (χ4v) is 2.49. The van der Waals surface area contributed by atoms with Gasteiger partial charge in [-0.2, -0.15) is 0 Å². The Morgan fingerprint density at radius 3 is 3.00 bits per heavy atom. The first-order chi connectivity index (χ1) is 7.77. The Kier molecular flexibility index (Phi) is 3.34. The maximum Gasteiger partial charge on any atom is 0.142 e. The number of ether oxygens (including phenoxy) is 1. The van der Waals surface area contributed by atoms with Crippen LogP contribution in [0, 0.1) is 0 Å². The predicted octanol–water partition coefficient (Wildman–Crippen LogP) is 1.84. The summed E-state index contributed by atoms with van der Waals surface area (Å²) >= 11 is 0. The maximum atomic E-state index is 5.68. The SMILES string of the molecule is CCOc1cccc2c1N(C)CC2CNC. The van der Waals surface area contributed by atoms with Crippen LogP contribution in [0.1, 0.15) is 18.4 Å². The molecule has 0 radical (unpaired) electrons. The van der Waals surface area contributed by atoms with E-state index in [4.69, 9.17) is 4.74 Å². The summed E-state index contributed by atoms with van der Waals surface area (Å²) in [6, 6.07) is 6.36. The normalized spacial score (nSPS) is 18.7. The summed E-state index contributed by atoms with van der Waals surface area (Å²) in [4.78, 5) is 2.29. The van der Waals surface area contributed by atoms with Crippen molar-refractivity contribution in [1.82, 2.24) is 5.32 Å². The maximum absolute atomic E-state index is 5.68. The molecule has 1 atom stereocenters. The molecule has 3 nitrogen and oxygen atoms in total. The van der Waals surface area contributed by atoms with Gasteiger partial charge in [-0.3, -0.25) is 0 Å². The summed E-state index contributed by atoms with van der Waals surface area (Å²) in [6.07, 6.45) is 0. The molecular formula is C13H20N2O. The molecule has 0 fully saturated rings. The zero-order valence-electron chi connectivity index (χ0n) is 10.3. The lowest BCUT2D eigenvalue weighted by atomic mass is 10.0. The minimum atomic E-state index is 0.574. The Balaban J connectivity index is 2.35. The Bertz CT molecular complexity index is 365. The van der Waals surface area contributed by atoms with Crippen LogP contribution in [-0.2, 0) is 0 Å². The van der Waals surface area contributed by atoms with Crippen molar-refractivity contribution in [2.45, 2.75) is 12.8 Å². The number of anilines is 1. The largest absolute Gasteiger partial charge is 0.492 e. The quantitative estimate of drug-likeness (QED) is 0.838. The predicted molar refractivity (Wildman–Crippen MR) is 67.5 cm³/mol. The average Bonchev–Trinajstić information content (AvgIpc) is 2.58. The van der Waals surface area contributed by atoms with Crippen LogP contribution in [0.3, 0.4) is 0 Å². The van der Waals surface area contributed by atoms with Crippen molar-refractivity contribution in [3.8, 4) is 5.75 Å². The molecule has 88 valence electrons. The van der Waals surface area contributed by atoms with Gasteiger partial charge in [0.05, 0.1) is 12.3 Å². The summed E-state index contributed by atoms with van der Waals surface area (Å²) in [7, 11) is 4.14. The molecule has 0 saturated carbocycles. The highest BCUT2D eigenvalue weighted by Crippen LogP contribution is 2.41. The lowest BCUT2D eigenvalue weighted by Gasteiger charge is -2.16. The van der Waals surface area contributed by atoms with Crippen molar-refractivity contribution in [1.29, 1.82) is 0 Å². The molecular weight excluding hydrogens is 200 g/mol. The second kappa shape index (κ2) is 4.74. The van der Waals surface area contributed by atoms with Crippen LogP contribution in [0.2, 0.25) is 0 Å². The first kappa shape index (κ1) is 11.3. The Hall–Kier alpha value is -1.22. The van der Waals surface area contributed by atoms with Crippen molar-refractivity contribution >= 4 is 5.69 Å². The molecule has 0 spiro atoms. The van der Waals surface area contributed by atoms with E-state index < -0.39 is 0 Å². The first-order valence-corrected chi connectivity index (χ1v) is 5.89. The standard InChI is InChI=1S/C13H20N2O/c1-4-16-12-7-5-6-11-10(8-14-2)9-15(3)13(11)12/h5-7,10,14H,4,8-9H2,1-3H3. The summed E-state index contributed by atoms with van der Waals surface area (Å²) in [5.41, 5.74) is 2.67. The molecule has 0 aromatic heterocycles. The van der Waals surface area contributed by atoms with Gasteiger partial charge in [-0.25, -0.2) is 0 Å². The molecule has 1 aliphatic rings. The Morgan fingerprint density at radius 2 is 2.31 bits per heavy atom. The Morgan fingerprint density at radius 1 is 1.50 bits per heavy atom. The average molecular weight is 220 g/mol. The highest BCUT2D eigenvalue weighted by molar-refractivity contribution is 5.68. The molecule has 2 rings (SSSR count). The second-order valence-electron chi connectivity index (χ2n) is 4.26. The van der Waals surface area contributed by atoms with Crippen molar-refractivity contribution in [3.63, 3.8) is 0 Å². The van der Waals surface area contributed by atoms with Gasteiger partial charge in [0.15, 0.2) is 0 Å². The third-order valence-corrected chi connectivity index (χ3v) is 3.10. The number of para-hydroxylation sites is 1. The van der Waals surface area contributed by atoms with Gasteiger partial charge in [-0.1, -0.05) is 12.1 Å². The van der Waals surface area contributed by atoms with Crippen molar-refractivity contribution in [2.75, 3.05) is 38.7 Å². The zero-order valence-corrected chi connectivity index (χ0v) is 10.3. The van der Waals surface area contributed by atoms with Crippen LogP contribution < -0.4 is 15.0 Å². The molecule has 3 heteroatoms. The van der Waals surface area contributed by atoms with Crippen LogP contribution in [0.4, 0.5) is 5.69 Å². The minimum Gasteiger partial charge on any atom is -0.492 e. The molecule has 1 unspecified atom stereocenters. The molecule has 0 amide bonds. The number of benzene rings is 1. The number of nitrogens with one attached hydrogen (secondary N) is 1. The van der Waals surface area contributed by atoms with Crippen LogP contribution >= 0.6 is 0 Å². The van der Waals surface area contributed by atoms with Gasteiger partial charge in [0.25, 0.3) is 0 Å². The van der Waals surface area contributed by atoms with Gasteiger partial charge in [0.2, 0.25) is 0 Å². The van der Waals surface area contributed by atoms with E-state index in [0.29, 0.717) is 5.92 Å². The van der Waals surface area contributed by atoms with Gasteiger partial charge in [0, 0.05) is 26.1 Å².